The summed E-state index contributed by atoms with van der Waals surface area (Å²) in [7, 11) is 0. The molecule has 112 valence electrons. The van der Waals surface area contributed by atoms with E-state index in [1.54, 1.807) is 17.1 Å². The standard InChI is InChI=1S/C15H12N8/c16-13-14(20-10-5-7-17-8-6-10)18-9-19-15(13)23-12-4-2-1-3-11(12)21-22-23/h1-9H,16H2,(H,17,18,19,20). The maximum absolute atomic E-state index is 6.22. The first-order valence-corrected chi connectivity index (χ1v) is 6.91. The van der Waals surface area contributed by atoms with Crippen molar-refractivity contribution in [1.29, 1.82) is 0 Å². The van der Waals surface area contributed by atoms with E-state index in [0.29, 0.717) is 17.3 Å². The molecule has 3 N–H and O–H groups in total. The first-order valence-electron chi connectivity index (χ1n) is 6.91. The minimum atomic E-state index is 0.389. The third-order valence-electron chi connectivity index (χ3n) is 3.36. The number of rotatable bonds is 3. The van der Waals surface area contributed by atoms with E-state index in [4.69, 9.17) is 5.73 Å². The lowest BCUT2D eigenvalue weighted by atomic mass is 10.3. The molecule has 1 aromatic carbocycles. The van der Waals surface area contributed by atoms with Crippen LogP contribution in [0.4, 0.5) is 17.2 Å². The highest BCUT2D eigenvalue weighted by molar-refractivity contribution is 5.80. The molecule has 8 heteroatoms. The summed E-state index contributed by atoms with van der Waals surface area (Å²) in [4.78, 5) is 12.4. The van der Waals surface area contributed by atoms with Crippen molar-refractivity contribution >= 4 is 28.2 Å². The third-order valence-corrected chi connectivity index (χ3v) is 3.36. The van der Waals surface area contributed by atoms with Crippen molar-refractivity contribution in [3.63, 3.8) is 0 Å². The van der Waals surface area contributed by atoms with Gasteiger partial charge in [0.15, 0.2) is 11.6 Å². The van der Waals surface area contributed by atoms with Crippen LogP contribution < -0.4 is 11.1 Å². The number of nitrogens with one attached hydrogen (secondary N) is 1. The Morgan fingerprint density at radius 3 is 2.70 bits per heavy atom. The molecule has 0 fully saturated rings. The van der Waals surface area contributed by atoms with Gasteiger partial charge in [0.2, 0.25) is 0 Å². The van der Waals surface area contributed by atoms with Crippen molar-refractivity contribution in [1.82, 2.24) is 29.9 Å². The van der Waals surface area contributed by atoms with Crippen LogP contribution in [0, 0.1) is 0 Å². The van der Waals surface area contributed by atoms with Crippen LogP contribution in [0.3, 0.4) is 0 Å². The molecule has 0 atom stereocenters. The highest BCUT2D eigenvalue weighted by atomic mass is 15.4. The van der Waals surface area contributed by atoms with Crippen molar-refractivity contribution < 1.29 is 0 Å². The fraction of sp³-hybridized carbons (Fsp3) is 0. The normalized spacial score (nSPS) is 10.8. The molecule has 0 aliphatic carbocycles. The highest BCUT2D eigenvalue weighted by Gasteiger charge is 2.14. The summed E-state index contributed by atoms with van der Waals surface area (Å²) in [5.41, 5.74) is 9.04. The van der Waals surface area contributed by atoms with E-state index < -0.39 is 0 Å². The van der Waals surface area contributed by atoms with Gasteiger partial charge in [-0.2, -0.15) is 4.68 Å². The molecule has 3 heterocycles. The quantitative estimate of drug-likeness (QED) is 0.595. The zero-order valence-corrected chi connectivity index (χ0v) is 12.0. The SMILES string of the molecule is Nc1c(Nc2ccncc2)ncnc1-n1nnc2ccccc21. The zero-order valence-electron chi connectivity index (χ0n) is 12.0. The van der Waals surface area contributed by atoms with Gasteiger partial charge in [0.25, 0.3) is 0 Å². The Morgan fingerprint density at radius 2 is 1.83 bits per heavy atom. The first kappa shape index (κ1) is 13.1. The van der Waals surface area contributed by atoms with Crippen molar-refractivity contribution in [2.75, 3.05) is 11.1 Å². The fourth-order valence-corrected chi connectivity index (χ4v) is 2.25. The monoisotopic (exact) mass is 304 g/mol. The molecule has 23 heavy (non-hydrogen) atoms. The van der Waals surface area contributed by atoms with Crippen LogP contribution in [-0.4, -0.2) is 29.9 Å². The molecule has 0 aliphatic rings. The Kier molecular flexibility index (Phi) is 3.05. The third kappa shape index (κ3) is 2.31. The molecule has 0 bridgehead atoms. The average molecular weight is 304 g/mol. The van der Waals surface area contributed by atoms with E-state index >= 15 is 0 Å². The summed E-state index contributed by atoms with van der Waals surface area (Å²) in [6, 6.07) is 11.3. The number of benzene rings is 1. The number of para-hydroxylation sites is 1. The number of nitrogens with two attached hydrogens (primary N) is 1. The molecule has 0 saturated heterocycles. The maximum Gasteiger partial charge on any atom is 0.184 e. The van der Waals surface area contributed by atoms with Gasteiger partial charge in [-0.05, 0) is 24.3 Å². The van der Waals surface area contributed by atoms with Gasteiger partial charge in [-0.3, -0.25) is 4.98 Å². The van der Waals surface area contributed by atoms with Gasteiger partial charge in [-0.15, -0.1) is 5.10 Å². The topological polar surface area (TPSA) is 107 Å². The number of nitrogens with zero attached hydrogens (tertiary/aromatic N) is 6. The molecule has 0 spiro atoms. The second kappa shape index (κ2) is 5.34. The maximum atomic E-state index is 6.22. The number of pyridine rings is 1. The number of anilines is 3. The fourth-order valence-electron chi connectivity index (χ4n) is 2.25. The Balaban J connectivity index is 1.80. The van der Waals surface area contributed by atoms with Crippen LogP contribution >= 0.6 is 0 Å². The van der Waals surface area contributed by atoms with Crippen LogP contribution in [0.2, 0.25) is 0 Å². The second-order valence-electron chi connectivity index (χ2n) is 4.81. The molecule has 0 saturated carbocycles. The summed E-state index contributed by atoms with van der Waals surface area (Å²) in [5, 5.41) is 11.4. The number of nitrogen functional groups attached to an aromatic ring is 1. The van der Waals surface area contributed by atoms with E-state index in [0.717, 1.165) is 16.7 Å². The minimum Gasteiger partial charge on any atom is -0.393 e. The molecular formula is C15H12N8. The lowest BCUT2D eigenvalue weighted by Gasteiger charge is -2.10. The first-order chi connectivity index (χ1) is 11.3. The van der Waals surface area contributed by atoms with Gasteiger partial charge >= 0.3 is 0 Å². The van der Waals surface area contributed by atoms with Crippen molar-refractivity contribution in [3.05, 3.63) is 55.1 Å². The van der Waals surface area contributed by atoms with E-state index in [1.807, 2.05) is 36.4 Å². The molecule has 3 aromatic heterocycles. The molecular weight excluding hydrogens is 292 g/mol. The average Bonchev–Trinajstić information content (AvgIpc) is 3.02. The van der Waals surface area contributed by atoms with Crippen LogP contribution in [0.25, 0.3) is 16.9 Å². The number of hydrogen-bond donors (Lipinski definition) is 2. The van der Waals surface area contributed by atoms with E-state index in [9.17, 15) is 0 Å². The summed E-state index contributed by atoms with van der Waals surface area (Å²) < 4.78 is 1.60. The molecule has 4 aromatic rings. The predicted molar refractivity (Wildman–Crippen MR) is 86.4 cm³/mol. The van der Waals surface area contributed by atoms with E-state index in [-0.39, 0.29) is 0 Å². The Bertz CT molecular complexity index is 964. The number of aromatic nitrogens is 6. The highest BCUT2D eigenvalue weighted by Crippen LogP contribution is 2.26. The van der Waals surface area contributed by atoms with Gasteiger partial charge < -0.3 is 11.1 Å². The van der Waals surface area contributed by atoms with Crippen LogP contribution in [0.15, 0.2) is 55.1 Å². The van der Waals surface area contributed by atoms with Gasteiger partial charge in [0, 0.05) is 18.1 Å². The summed E-state index contributed by atoms with van der Waals surface area (Å²) in [5.74, 6) is 0.978. The van der Waals surface area contributed by atoms with E-state index in [1.165, 1.54) is 6.33 Å². The van der Waals surface area contributed by atoms with Crippen LogP contribution in [-0.2, 0) is 0 Å². The summed E-state index contributed by atoms with van der Waals surface area (Å²) in [6.07, 6.45) is 4.81. The van der Waals surface area contributed by atoms with Gasteiger partial charge in [0.1, 0.15) is 17.5 Å². The molecule has 4 rings (SSSR count). The van der Waals surface area contributed by atoms with Gasteiger partial charge in [-0.25, -0.2) is 9.97 Å². The largest absolute Gasteiger partial charge is 0.393 e. The van der Waals surface area contributed by atoms with Crippen molar-refractivity contribution in [2.24, 2.45) is 0 Å². The van der Waals surface area contributed by atoms with E-state index in [2.05, 4.69) is 30.6 Å². The Morgan fingerprint density at radius 1 is 1.00 bits per heavy atom. The summed E-state index contributed by atoms with van der Waals surface area (Å²) >= 11 is 0. The predicted octanol–water partition coefficient (Wildman–Crippen LogP) is 1.93. The molecule has 0 unspecified atom stereocenters. The lowest BCUT2D eigenvalue weighted by molar-refractivity contribution is 0.800. The van der Waals surface area contributed by atoms with Crippen molar-refractivity contribution in [3.8, 4) is 5.82 Å². The second-order valence-corrected chi connectivity index (χ2v) is 4.81. The molecule has 0 amide bonds. The Labute approximate surface area is 131 Å². The molecule has 0 radical (unpaired) electrons. The molecule has 8 nitrogen and oxygen atoms in total. The molecule has 0 aliphatic heterocycles. The number of hydrogen-bond acceptors (Lipinski definition) is 7. The van der Waals surface area contributed by atoms with Gasteiger partial charge in [0.05, 0.1) is 5.52 Å². The zero-order chi connectivity index (χ0) is 15.6. The Hall–Kier alpha value is -3.55. The minimum absolute atomic E-state index is 0.389. The van der Waals surface area contributed by atoms with Gasteiger partial charge in [-0.1, -0.05) is 17.3 Å². The van der Waals surface area contributed by atoms with Crippen LogP contribution in [0.5, 0.6) is 0 Å². The smallest absolute Gasteiger partial charge is 0.184 e. The number of fused-ring (bicyclic) bond motifs is 1. The lowest BCUT2D eigenvalue weighted by Crippen LogP contribution is -2.08. The summed E-state index contributed by atoms with van der Waals surface area (Å²) in [6.45, 7) is 0. The van der Waals surface area contributed by atoms with Crippen LogP contribution in [0.1, 0.15) is 0 Å². The van der Waals surface area contributed by atoms with Crippen molar-refractivity contribution in [2.45, 2.75) is 0 Å².